The quantitative estimate of drug-likeness (QED) is 0.343. The maximum Gasteiger partial charge on any atom is 0.335 e. The van der Waals surface area contributed by atoms with Gasteiger partial charge in [0.05, 0.1) is 17.0 Å². The molecular weight excluding hydrogens is 450 g/mol. The summed E-state index contributed by atoms with van der Waals surface area (Å²) < 4.78 is 5.88. The zero-order valence-electron chi connectivity index (χ0n) is 18.1. The number of carboxylic acid groups (broad SMARTS) is 1. The van der Waals surface area contributed by atoms with E-state index in [-0.39, 0.29) is 28.2 Å². The minimum Gasteiger partial charge on any atom is -0.478 e. The lowest BCUT2D eigenvalue weighted by Crippen LogP contribution is -2.27. The molecule has 6 nitrogen and oxygen atoms in total. The highest BCUT2D eigenvalue weighted by Gasteiger charge is 2.35. The third-order valence-corrected chi connectivity index (χ3v) is 6.64. The minimum atomic E-state index is -1.02. The summed E-state index contributed by atoms with van der Waals surface area (Å²) in [5, 5.41) is 11.0. The van der Waals surface area contributed by atoms with Crippen molar-refractivity contribution in [2.24, 2.45) is 0 Å². The van der Waals surface area contributed by atoms with Crippen LogP contribution in [-0.4, -0.2) is 27.1 Å². The topological polar surface area (TPSA) is 87.8 Å². The van der Waals surface area contributed by atoms with Gasteiger partial charge in [0.1, 0.15) is 11.5 Å². The van der Waals surface area contributed by atoms with Crippen LogP contribution in [0, 0.1) is 6.92 Å². The van der Waals surface area contributed by atoms with Crippen LogP contribution in [0.4, 0.5) is 4.79 Å². The van der Waals surface area contributed by atoms with Gasteiger partial charge in [0.2, 0.25) is 0 Å². The van der Waals surface area contributed by atoms with Crippen LogP contribution in [0.25, 0.3) is 28.2 Å². The Kier molecular flexibility index (Phi) is 5.55. The Morgan fingerprint density at radius 2 is 1.82 bits per heavy atom. The van der Waals surface area contributed by atoms with Gasteiger partial charge in [-0.25, -0.2) is 4.79 Å². The summed E-state index contributed by atoms with van der Waals surface area (Å²) in [6.45, 7) is 2.05. The van der Waals surface area contributed by atoms with Crippen molar-refractivity contribution in [2.75, 3.05) is 0 Å². The summed E-state index contributed by atoms with van der Waals surface area (Å²) in [6.07, 6.45) is 1.55. The fourth-order valence-corrected chi connectivity index (χ4v) is 4.78. The van der Waals surface area contributed by atoms with Crippen molar-refractivity contribution in [1.29, 1.82) is 0 Å². The Hall–Kier alpha value is -4.10. The Morgan fingerprint density at radius 1 is 1.03 bits per heavy atom. The Bertz CT molecular complexity index is 1490. The molecule has 0 atom stereocenters. The molecule has 5 rings (SSSR count). The van der Waals surface area contributed by atoms with Gasteiger partial charge in [-0.15, -0.1) is 0 Å². The Balaban J connectivity index is 1.40. The predicted octanol–water partition coefficient (Wildman–Crippen LogP) is 6.34. The van der Waals surface area contributed by atoms with E-state index < -0.39 is 5.97 Å². The number of furan rings is 1. The van der Waals surface area contributed by atoms with Gasteiger partial charge in [-0.05, 0) is 64.9 Å². The van der Waals surface area contributed by atoms with Gasteiger partial charge in [-0.3, -0.25) is 14.5 Å². The van der Waals surface area contributed by atoms with Crippen LogP contribution >= 0.6 is 11.8 Å². The van der Waals surface area contributed by atoms with Crippen LogP contribution in [0.3, 0.4) is 0 Å². The van der Waals surface area contributed by atoms with E-state index in [4.69, 9.17) is 4.42 Å². The molecule has 2 heterocycles. The summed E-state index contributed by atoms with van der Waals surface area (Å²) in [4.78, 5) is 38.5. The molecule has 0 radical (unpaired) electrons. The molecule has 4 aromatic rings. The van der Waals surface area contributed by atoms with E-state index in [9.17, 15) is 19.5 Å². The second-order valence-corrected chi connectivity index (χ2v) is 8.94. The van der Waals surface area contributed by atoms with Crippen LogP contribution < -0.4 is 0 Å². The monoisotopic (exact) mass is 469 g/mol. The van der Waals surface area contributed by atoms with Crippen molar-refractivity contribution >= 4 is 45.7 Å². The van der Waals surface area contributed by atoms with Gasteiger partial charge in [0.15, 0.2) is 0 Å². The number of hydrogen-bond acceptors (Lipinski definition) is 5. The number of rotatable bonds is 5. The van der Waals surface area contributed by atoms with Crippen molar-refractivity contribution in [3.05, 3.63) is 100 Å². The standard InChI is InChI=1S/C27H19NO5S/c1-16-9-10-18(26(30)31)13-22(16)23-12-11-20(33-23)14-24-25(29)28(27(32)34-24)15-19-7-4-6-17-5-2-3-8-21(17)19/h2-14H,15H2,1H3,(H,30,31)/b24-14-. The van der Waals surface area contributed by atoms with E-state index in [1.54, 1.807) is 30.3 Å². The lowest BCUT2D eigenvalue weighted by atomic mass is 10.0. The predicted molar refractivity (Wildman–Crippen MR) is 131 cm³/mol. The molecule has 3 aromatic carbocycles. The molecule has 0 spiro atoms. The molecule has 0 aliphatic carbocycles. The SMILES string of the molecule is Cc1ccc(C(=O)O)cc1-c1ccc(/C=C2\SC(=O)N(Cc3cccc4ccccc34)C2=O)o1. The molecular formula is C27H19NO5S. The molecule has 1 saturated heterocycles. The Morgan fingerprint density at radius 3 is 2.65 bits per heavy atom. The molecule has 0 bridgehead atoms. The van der Waals surface area contributed by atoms with Crippen molar-refractivity contribution in [1.82, 2.24) is 4.90 Å². The van der Waals surface area contributed by atoms with Crippen LogP contribution in [-0.2, 0) is 11.3 Å². The number of imide groups is 1. The van der Waals surface area contributed by atoms with E-state index >= 15 is 0 Å². The number of carboxylic acids is 1. The largest absolute Gasteiger partial charge is 0.478 e. The zero-order valence-corrected chi connectivity index (χ0v) is 19.0. The fourth-order valence-electron chi connectivity index (χ4n) is 3.96. The lowest BCUT2D eigenvalue weighted by Gasteiger charge is -2.14. The third-order valence-electron chi connectivity index (χ3n) is 5.73. The number of carbonyl (C=O) groups excluding carboxylic acids is 2. The normalized spacial score (nSPS) is 15.0. The van der Waals surface area contributed by atoms with Gasteiger partial charge in [-0.2, -0.15) is 0 Å². The second kappa shape index (κ2) is 8.68. The third kappa shape index (κ3) is 4.02. The van der Waals surface area contributed by atoms with Crippen molar-refractivity contribution < 1.29 is 23.9 Å². The van der Waals surface area contributed by atoms with Crippen molar-refractivity contribution in [2.45, 2.75) is 13.5 Å². The average molecular weight is 470 g/mol. The van der Waals surface area contributed by atoms with Crippen LogP contribution in [0.5, 0.6) is 0 Å². The molecule has 168 valence electrons. The molecule has 34 heavy (non-hydrogen) atoms. The van der Waals surface area contributed by atoms with Crippen molar-refractivity contribution in [3.63, 3.8) is 0 Å². The summed E-state index contributed by atoms with van der Waals surface area (Å²) in [6, 6.07) is 21.9. The molecule has 1 aliphatic heterocycles. The minimum absolute atomic E-state index is 0.160. The van der Waals surface area contributed by atoms with E-state index in [2.05, 4.69) is 0 Å². The highest BCUT2D eigenvalue weighted by molar-refractivity contribution is 8.18. The van der Waals surface area contributed by atoms with E-state index in [1.807, 2.05) is 49.4 Å². The molecule has 1 N–H and O–H groups in total. The number of thioether (sulfide) groups is 1. The van der Waals surface area contributed by atoms with Gasteiger partial charge in [0.25, 0.3) is 11.1 Å². The number of nitrogens with zero attached hydrogens (tertiary/aromatic N) is 1. The molecule has 1 aromatic heterocycles. The van der Waals surface area contributed by atoms with Crippen LogP contribution in [0.2, 0.25) is 0 Å². The number of carbonyl (C=O) groups is 3. The summed E-state index contributed by atoms with van der Waals surface area (Å²) in [5.41, 5.74) is 2.58. The van der Waals surface area contributed by atoms with Gasteiger partial charge < -0.3 is 9.52 Å². The molecule has 0 saturated carbocycles. The number of hydrogen-bond donors (Lipinski definition) is 1. The maximum absolute atomic E-state index is 13.0. The highest BCUT2D eigenvalue weighted by Crippen LogP contribution is 2.35. The average Bonchev–Trinajstić information content (AvgIpc) is 3.39. The lowest BCUT2D eigenvalue weighted by molar-refractivity contribution is -0.123. The van der Waals surface area contributed by atoms with Gasteiger partial charge in [0, 0.05) is 11.6 Å². The van der Waals surface area contributed by atoms with Crippen molar-refractivity contribution in [3.8, 4) is 11.3 Å². The smallest absolute Gasteiger partial charge is 0.335 e. The first-order valence-electron chi connectivity index (χ1n) is 10.6. The number of benzene rings is 3. The van der Waals surface area contributed by atoms with E-state index in [0.717, 1.165) is 33.7 Å². The van der Waals surface area contributed by atoms with E-state index in [1.165, 1.54) is 11.0 Å². The maximum atomic E-state index is 13.0. The zero-order chi connectivity index (χ0) is 23.8. The van der Waals surface area contributed by atoms with Gasteiger partial charge in [-0.1, -0.05) is 48.5 Å². The first kappa shape index (κ1) is 21.7. The molecule has 0 unspecified atom stereocenters. The number of fused-ring (bicyclic) bond motifs is 1. The van der Waals surface area contributed by atoms with E-state index in [0.29, 0.717) is 17.1 Å². The number of amides is 2. The molecule has 1 fully saturated rings. The number of aromatic carboxylic acids is 1. The van der Waals surface area contributed by atoms with Crippen LogP contribution in [0.1, 0.15) is 27.2 Å². The number of aryl methyl sites for hydroxylation is 1. The fraction of sp³-hybridized carbons (Fsp3) is 0.0741. The molecule has 2 amide bonds. The van der Waals surface area contributed by atoms with Crippen LogP contribution in [0.15, 0.2) is 82.1 Å². The Labute approximate surface area is 199 Å². The summed E-state index contributed by atoms with van der Waals surface area (Å²) in [7, 11) is 0. The summed E-state index contributed by atoms with van der Waals surface area (Å²) >= 11 is 0.877. The van der Waals surface area contributed by atoms with Gasteiger partial charge >= 0.3 is 5.97 Å². The molecule has 7 heteroatoms. The molecule has 1 aliphatic rings. The summed E-state index contributed by atoms with van der Waals surface area (Å²) in [5.74, 6) is -0.495. The first-order valence-corrected chi connectivity index (χ1v) is 11.4. The second-order valence-electron chi connectivity index (χ2n) is 7.94. The first-order chi connectivity index (χ1) is 16.4. The highest BCUT2D eigenvalue weighted by atomic mass is 32.2.